The summed E-state index contributed by atoms with van der Waals surface area (Å²) in [4.78, 5) is 38.2. The van der Waals surface area contributed by atoms with Gasteiger partial charge < -0.3 is 15.0 Å². The molecule has 0 spiro atoms. The maximum atomic E-state index is 12.4. The Morgan fingerprint density at radius 1 is 0.971 bits per heavy atom. The van der Waals surface area contributed by atoms with Crippen LogP contribution in [0.15, 0.2) is 54.6 Å². The molecule has 0 aromatic heterocycles. The van der Waals surface area contributed by atoms with Crippen molar-refractivity contribution in [3.05, 3.63) is 65.7 Å². The molecule has 0 bridgehead atoms. The van der Waals surface area contributed by atoms with E-state index < -0.39 is 0 Å². The number of esters is 1. The van der Waals surface area contributed by atoms with Crippen LogP contribution in [0.1, 0.15) is 55.6 Å². The van der Waals surface area contributed by atoms with Gasteiger partial charge in [-0.25, -0.2) is 0 Å². The van der Waals surface area contributed by atoms with E-state index in [1.807, 2.05) is 42.5 Å². The summed E-state index contributed by atoms with van der Waals surface area (Å²) in [5.41, 5.74) is 3.26. The van der Waals surface area contributed by atoms with E-state index in [9.17, 15) is 14.4 Å². The molecule has 2 N–H and O–H groups in total. The molecule has 0 radical (unpaired) electrons. The number of hydrogen-bond donors (Lipinski definition) is 2. The van der Waals surface area contributed by atoms with Gasteiger partial charge in [0.15, 0.2) is 0 Å². The fourth-order valence-corrected chi connectivity index (χ4v) is 5.41. The normalized spacial score (nSPS) is 25.4. The van der Waals surface area contributed by atoms with Crippen molar-refractivity contribution in [3.63, 3.8) is 0 Å². The highest BCUT2D eigenvalue weighted by atomic mass is 16.5. The van der Waals surface area contributed by atoms with E-state index >= 15 is 0 Å². The van der Waals surface area contributed by atoms with Crippen LogP contribution >= 0.6 is 0 Å². The van der Waals surface area contributed by atoms with Crippen molar-refractivity contribution in [1.29, 1.82) is 0 Å². The number of nitrogens with zero attached hydrogens (tertiary/aromatic N) is 1. The minimum Gasteiger partial charge on any atom is -0.461 e. The molecule has 2 saturated heterocycles. The van der Waals surface area contributed by atoms with Crippen LogP contribution in [0.2, 0.25) is 0 Å². The maximum Gasteiger partial charge on any atom is 0.309 e. The number of benzene rings is 2. The molecule has 2 heterocycles. The summed E-state index contributed by atoms with van der Waals surface area (Å²) in [7, 11) is 0. The summed E-state index contributed by atoms with van der Waals surface area (Å²) in [6.45, 7) is 2.46. The summed E-state index contributed by atoms with van der Waals surface area (Å²) >= 11 is 0. The zero-order valence-corrected chi connectivity index (χ0v) is 19.9. The van der Waals surface area contributed by atoms with Gasteiger partial charge in [-0.15, -0.1) is 0 Å². The van der Waals surface area contributed by atoms with Crippen LogP contribution in [0.4, 0.5) is 5.69 Å². The predicted molar refractivity (Wildman–Crippen MR) is 133 cm³/mol. The lowest BCUT2D eigenvalue weighted by Crippen LogP contribution is -2.50. The second-order valence-electron chi connectivity index (χ2n) is 10.00. The molecule has 7 nitrogen and oxygen atoms in total. The average Bonchev–Trinajstić information content (AvgIpc) is 2.85. The number of rotatable bonds is 7. The van der Waals surface area contributed by atoms with E-state index in [0.29, 0.717) is 31.4 Å². The first-order valence-electron chi connectivity index (χ1n) is 12.7. The Labute approximate surface area is 206 Å². The number of piperidine rings is 2. The summed E-state index contributed by atoms with van der Waals surface area (Å²) < 4.78 is 5.51. The summed E-state index contributed by atoms with van der Waals surface area (Å²) in [5, 5.41) is 5.63. The number of hydrogen-bond acceptors (Lipinski definition) is 6. The first kappa shape index (κ1) is 23.5. The lowest BCUT2D eigenvalue weighted by atomic mass is 9.78. The third-order valence-electron chi connectivity index (χ3n) is 7.68. The average molecular weight is 476 g/mol. The molecule has 1 aliphatic carbocycles. The maximum absolute atomic E-state index is 12.4. The van der Waals surface area contributed by atoms with Gasteiger partial charge >= 0.3 is 5.97 Å². The van der Waals surface area contributed by atoms with Gasteiger partial charge in [-0.2, -0.15) is 0 Å². The Kier molecular flexibility index (Phi) is 7.13. The topological polar surface area (TPSA) is 87.7 Å². The Balaban J connectivity index is 1.03. The molecule has 3 fully saturated rings. The first-order chi connectivity index (χ1) is 17.0. The highest BCUT2D eigenvalue weighted by molar-refractivity contribution is 6.01. The molecule has 2 aromatic carbocycles. The smallest absolute Gasteiger partial charge is 0.309 e. The minimum absolute atomic E-state index is 0.0332. The number of imide groups is 1. The standard InChI is InChI=1S/C28H33N3O4/c32-26-11-10-25(27(33)30-26)29-23-8-6-20(7-9-23)21-12-14-31(15-13-21)24-16-22(17-24)28(34)35-18-19-4-2-1-3-5-19/h1-9,21-22,24-25,29H,10-18H2,(H,30,32,33). The van der Waals surface area contributed by atoms with Gasteiger partial charge in [0.25, 0.3) is 0 Å². The Bertz CT molecular complexity index is 1040. The lowest BCUT2D eigenvalue weighted by molar-refractivity contribution is -0.155. The fraction of sp³-hybridized carbons (Fsp3) is 0.464. The van der Waals surface area contributed by atoms with E-state index in [-0.39, 0.29) is 29.7 Å². The van der Waals surface area contributed by atoms with Gasteiger partial charge in [0, 0.05) is 18.2 Å². The molecule has 5 rings (SSSR count). The highest BCUT2D eigenvalue weighted by Crippen LogP contribution is 2.37. The van der Waals surface area contributed by atoms with Crippen molar-refractivity contribution in [2.24, 2.45) is 5.92 Å². The van der Waals surface area contributed by atoms with Gasteiger partial charge in [0.1, 0.15) is 12.6 Å². The third-order valence-corrected chi connectivity index (χ3v) is 7.68. The first-order valence-corrected chi connectivity index (χ1v) is 12.7. The number of anilines is 1. The van der Waals surface area contributed by atoms with Crippen LogP contribution in [-0.2, 0) is 25.7 Å². The van der Waals surface area contributed by atoms with E-state index in [2.05, 4.69) is 27.7 Å². The van der Waals surface area contributed by atoms with E-state index in [4.69, 9.17) is 4.74 Å². The van der Waals surface area contributed by atoms with Crippen LogP contribution in [-0.4, -0.2) is 47.9 Å². The number of amides is 2. The summed E-state index contributed by atoms with van der Waals surface area (Å²) in [5.74, 6) is 0.0509. The van der Waals surface area contributed by atoms with E-state index in [0.717, 1.165) is 50.0 Å². The molecule has 1 saturated carbocycles. The molecule has 1 atom stereocenters. The predicted octanol–water partition coefficient (Wildman–Crippen LogP) is 3.61. The van der Waals surface area contributed by atoms with Crippen molar-refractivity contribution >= 4 is 23.5 Å². The number of nitrogens with one attached hydrogen (secondary N) is 2. The molecule has 2 aliphatic heterocycles. The van der Waals surface area contributed by atoms with E-state index in [1.165, 1.54) is 5.56 Å². The fourth-order valence-electron chi connectivity index (χ4n) is 5.41. The molecule has 35 heavy (non-hydrogen) atoms. The second kappa shape index (κ2) is 10.6. The minimum atomic E-state index is -0.358. The molecule has 3 aliphatic rings. The quantitative estimate of drug-likeness (QED) is 0.470. The van der Waals surface area contributed by atoms with Crippen LogP contribution in [0.25, 0.3) is 0 Å². The largest absolute Gasteiger partial charge is 0.461 e. The molecule has 184 valence electrons. The van der Waals surface area contributed by atoms with Gasteiger partial charge in [-0.3, -0.25) is 19.7 Å². The Morgan fingerprint density at radius 2 is 1.69 bits per heavy atom. The zero-order chi connectivity index (χ0) is 24.2. The van der Waals surface area contributed by atoms with Crippen LogP contribution in [0.5, 0.6) is 0 Å². The lowest BCUT2D eigenvalue weighted by Gasteiger charge is -2.44. The Morgan fingerprint density at radius 3 is 2.37 bits per heavy atom. The van der Waals surface area contributed by atoms with Crippen molar-refractivity contribution in [1.82, 2.24) is 10.2 Å². The zero-order valence-electron chi connectivity index (χ0n) is 19.9. The van der Waals surface area contributed by atoms with Gasteiger partial charge in [-0.05, 0) is 74.4 Å². The monoisotopic (exact) mass is 475 g/mol. The number of ether oxygens (including phenoxy) is 1. The van der Waals surface area contributed by atoms with Crippen LogP contribution in [0.3, 0.4) is 0 Å². The highest BCUT2D eigenvalue weighted by Gasteiger charge is 2.40. The van der Waals surface area contributed by atoms with Crippen molar-refractivity contribution in [3.8, 4) is 0 Å². The van der Waals surface area contributed by atoms with Gasteiger partial charge in [0.05, 0.1) is 5.92 Å². The molecule has 2 amide bonds. The van der Waals surface area contributed by atoms with Gasteiger partial charge in [0.2, 0.25) is 11.8 Å². The van der Waals surface area contributed by atoms with Gasteiger partial charge in [-0.1, -0.05) is 42.5 Å². The van der Waals surface area contributed by atoms with Crippen LogP contribution < -0.4 is 10.6 Å². The van der Waals surface area contributed by atoms with E-state index in [1.54, 1.807) is 0 Å². The van der Waals surface area contributed by atoms with Crippen molar-refractivity contribution in [2.45, 2.75) is 63.1 Å². The molecule has 7 heteroatoms. The molecular weight excluding hydrogens is 442 g/mol. The third kappa shape index (κ3) is 5.73. The number of likely N-dealkylation sites (tertiary alicyclic amines) is 1. The number of carbonyl (C=O) groups is 3. The van der Waals surface area contributed by atoms with Crippen molar-refractivity contribution < 1.29 is 19.1 Å². The SMILES string of the molecule is O=C1CCC(Nc2ccc(C3CCN(C4CC(C(=O)OCc5ccccc5)C4)CC3)cc2)C(=O)N1. The number of carbonyl (C=O) groups excluding carboxylic acids is 3. The van der Waals surface area contributed by atoms with Crippen molar-refractivity contribution in [2.75, 3.05) is 18.4 Å². The molecule has 2 aromatic rings. The second-order valence-corrected chi connectivity index (χ2v) is 10.00. The molecule has 1 unspecified atom stereocenters. The molecular formula is C28H33N3O4. The Hall–Kier alpha value is -3.19. The van der Waals surface area contributed by atoms with Crippen LogP contribution in [0, 0.1) is 5.92 Å². The summed E-state index contributed by atoms with van der Waals surface area (Å²) in [6.07, 6.45) is 4.92. The summed E-state index contributed by atoms with van der Waals surface area (Å²) in [6, 6.07) is 18.3.